The van der Waals surface area contributed by atoms with Gasteiger partial charge in [-0.05, 0) is 35.9 Å². The van der Waals surface area contributed by atoms with E-state index in [1.165, 1.54) is 7.11 Å². The Morgan fingerprint density at radius 3 is 2.68 bits per heavy atom. The van der Waals surface area contributed by atoms with Crippen LogP contribution in [0, 0.1) is 0 Å². The van der Waals surface area contributed by atoms with E-state index in [0.29, 0.717) is 11.6 Å². The summed E-state index contributed by atoms with van der Waals surface area (Å²) in [4.78, 5) is 16.1. The van der Waals surface area contributed by atoms with E-state index in [9.17, 15) is 9.90 Å². The number of benzene rings is 1. The zero-order chi connectivity index (χ0) is 19.5. The lowest BCUT2D eigenvalue weighted by Crippen LogP contribution is -2.16. The molecular formula is C20H16N4O4. The first-order valence-electron chi connectivity index (χ1n) is 8.39. The van der Waals surface area contributed by atoms with Crippen LogP contribution in [0.25, 0.3) is 16.6 Å². The first-order valence-corrected chi connectivity index (χ1v) is 8.39. The first kappa shape index (κ1) is 17.3. The second kappa shape index (κ2) is 7.28. The van der Waals surface area contributed by atoms with Crippen LogP contribution < -0.4 is 14.8 Å². The molecule has 28 heavy (non-hydrogen) atoms. The zero-order valence-corrected chi connectivity index (χ0v) is 14.9. The van der Waals surface area contributed by atoms with Gasteiger partial charge in [0.15, 0.2) is 11.6 Å². The maximum Gasteiger partial charge on any atom is 0.418 e. The molecule has 8 nitrogen and oxygen atoms in total. The summed E-state index contributed by atoms with van der Waals surface area (Å²) in [5, 5.41) is 16.8. The molecule has 0 bridgehead atoms. The monoisotopic (exact) mass is 376 g/mol. The molecule has 0 aliphatic carbocycles. The molecule has 0 radical (unpaired) electrons. The van der Waals surface area contributed by atoms with Gasteiger partial charge in [0.1, 0.15) is 5.75 Å². The van der Waals surface area contributed by atoms with Crippen molar-refractivity contribution in [3.05, 3.63) is 67.0 Å². The smallest absolute Gasteiger partial charge is 0.418 e. The van der Waals surface area contributed by atoms with Gasteiger partial charge in [-0.25, -0.2) is 14.3 Å². The van der Waals surface area contributed by atoms with Crippen LogP contribution in [-0.2, 0) is 0 Å². The van der Waals surface area contributed by atoms with E-state index >= 15 is 0 Å². The number of methoxy groups -OCH3 is 1. The SMILES string of the molecule is COc1ncc(-c2ccn3nc(NC(=O)Oc4ccccc4)cc3c2)cc1O. The minimum atomic E-state index is -0.626. The largest absolute Gasteiger partial charge is 0.503 e. The highest BCUT2D eigenvalue weighted by atomic mass is 16.6. The van der Waals surface area contributed by atoms with Crippen molar-refractivity contribution >= 4 is 17.4 Å². The molecule has 0 atom stereocenters. The number of ether oxygens (including phenoxy) is 2. The minimum Gasteiger partial charge on any atom is -0.503 e. The third-order valence-corrected chi connectivity index (χ3v) is 4.01. The van der Waals surface area contributed by atoms with Crippen molar-refractivity contribution in [2.75, 3.05) is 12.4 Å². The molecule has 4 rings (SSSR count). The van der Waals surface area contributed by atoms with Gasteiger partial charge < -0.3 is 14.6 Å². The minimum absolute atomic E-state index is 0.0422. The van der Waals surface area contributed by atoms with Crippen molar-refractivity contribution < 1.29 is 19.4 Å². The Balaban J connectivity index is 1.55. The van der Waals surface area contributed by atoms with Gasteiger partial charge in [-0.15, -0.1) is 5.10 Å². The van der Waals surface area contributed by atoms with Crippen LogP contribution in [0.2, 0.25) is 0 Å². The number of nitrogens with zero attached hydrogens (tertiary/aromatic N) is 3. The number of para-hydroxylation sites is 1. The molecule has 0 spiro atoms. The Morgan fingerprint density at radius 1 is 1.11 bits per heavy atom. The van der Waals surface area contributed by atoms with Crippen molar-refractivity contribution in [3.63, 3.8) is 0 Å². The maximum atomic E-state index is 12.0. The summed E-state index contributed by atoms with van der Waals surface area (Å²) in [6, 6.07) is 15.8. The fourth-order valence-corrected chi connectivity index (χ4v) is 2.72. The van der Waals surface area contributed by atoms with Gasteiger partial charge in [0.2, 0.25) is 0 Å². The van der Waals surface area contributed by atoms with Gasteiger partial charge in [-0.3, -0.25) is 5.32 Å². The van der Waals surface area contributed by atoms with Crippen LogP contribution >= 0.6 is 0 Å². The fourth-order valence-electron chi connectivity index (χ4n) is 2.72. The molecule has 1 amide bonds. The molecule has 0 aliphatic heterocycles. The highest BCUT2D eigenvalue weighted by Gasteiger charge is 2.10. The second-order valence-corrected chi connectivity index (χ2v) is 5.89. The molecule has 3 aromatic heterocycles. The fraction of sp³-hybridized carbons (Fsp3) is 0.0500. The van der Waals surface area contributed by atoms with Gasteiger partial charge >= 0.3 is 6.09 Å². The molecule has 140 valence electrons. The predicted molar refractivity (Wildman–Crippen MR) is 103 cm³/mol. The number of anilines is 1. The standard InChI is InChI=1S/C20H16N4O4/c1-27-19-17(25)10-14(12-21-19)13-7-8-24-15(9-13)11-18(23-24)22-20(26)28-16-5-3-2-4-6-16/h2-12,25H,1H3,(H,22,23,26). The number of nitrogens with one attached hydrogen (secondary N) is 1. The molecule has 4 aromatic rings. The molecule has 0 saturated heterocycles. The van der Waals surface area contributed by atoms with E-state index in [-0.39, 0.29) is 11.6 Å². The van der Waals surface area contributed by atoms with Crippen molar-refractivity contribution in [1.82, 2.24) is 14.6 Å². The number of amides is 1. The predicted octanol–water partition coefficient (Wildman–Crippen LogP) is 3.72. The number of carbonyl (C=O) groups excluding carboxylic acids is 1. The highest BCUT2D eigenvalue weighted by Crippen LogP contribution is 2.29. The first-order chi connectivity index (χ1) is 13.6. The second-order valence-electron chi connectivity index (χ2n) is 5.89. The summed E-state index contributed by atoms with van der Waals surface area (Å²) >= 11 is 0. The molecule has 3 heterocycles. The average molecular weight is 376 g/mol. The molecule has 1 aromatic carbocycles. The lowest BCUT2D eigenvalue weighted by Gasteiger charge is -2.05. The van der Waals surface area contributed by atoms with Crippen LogP contribution in [0.4, 0.5) is 10.6 Å². The van der Waals surface area contributed by atoms with E-state index in [1.807, 2.05) is 18.2 Å². The van der Waals surface area contributed by atoms with Crippen LogP contribution in [0.5, 0.6) is 17.4 Å². The van der Waals surface area contributed by atoms with Crippen molar-refractivity contribution in [3.8, 4) is 28.5 Å². The number of aromatic hydroxyl groups is 1. The van der Waals surface area contributed by atoms with Gasteiger partial charge in [0, 0.05) is 24.0 Å². The van der Waals surface area contributed by atoms with Crippen molar-refractivity contribution in [1.29, 1.82) is 0 Å². The molecule has 8 heteroatoms. The van der Waals surface area contributed by atoms with Crippen LogP contribution in [0.3, 0.4) is 0 Å². The van der Waals surface area contributed by atoms with Crippen molar-refractivity contribution in [2.45, 2.75) is 0 Å². The summed E-state index contributed by atoms with van der Waals surface area (Å²) in [6.07, 6.45) is 2.73. The summed E-state index contributed by atoms with van der Waals surface area (Å²) in [7, 11) is 1.44. The molecule has 2 N–H and O–H groups in total. The zero-order valence-electron chi connectivity index (χ0n) is 14.9. The number of carbonyl (C=O) groups is 1. The van der Waals surface area contributed by atoms with Gasteiger partial charge in [-0.1, -0.05) is 18.2 Å². The summed E-state index contributed by atoms with van der Waals surface area (Å²) in [5.74, 6) is 0.920. The molecule has 0 unspecified atom stereocenters. The van der Waals surface area contributed by atoms with E-state index < -0.39 is 6.09 Å². The topological polar surface area (TPSA) is 98.0 Å². The number of aromatic nitrogens is 3. The number of fused-ring (bicyclic) bond motifs is 1. The van der Waals surface area contributed by atoms with Crippen molar-refractivity contribution in [2.24, 2.45) is 0 Å². The van der Waals surface area contributed by atoms with Gasteiger partial charge in [0.25, 0.3) is 5.88 Å². The Labute approximate surface area is 160 Å². The van der Waals surface area contributed by atoms with Gasteiger partial charge in [-0.2, -0.15) is 0 Å². The van der Waals surface area contributed by atoms with E-state index in [4.69, 9.17) is 9.47 Å². The lowest BCUT2D eigenvalue weighted by atomic mass is 10.1. The third-order valence-electron chi connectivity index (χ3n) is 4.01. The Morgan fingerprint density at radius 2 is 1.93 bits per heavy atom. The Bertz CT molecular complexity index is 1140. The van der Waals surface area contributed by atoms with E-state index in [1.54, 1.807) is 53.3 Å². The van der Waals surface area contributed by atoms with E-state index in [0.717, 1.165) is 16.6 Å². The lowest BCUT2D eigenvalue weighted by molar-refractivity contribution is 0.215. The molecule has 0 saturated carbocycles. The summed E-state index contributed by atoms with van der Waals surface area (Å²) in [5.41, 5.74) is 2.30. The average Bonchev–Trinajstić information content (AvgIpc) is 3.09. The third kappa shape index (κ3) is 3.56. The molecule has 0 fully saturated rings. The molecular weight excluding hydrogens is 360 g/mol. The van der Waals surface area contributed by atoms with E-state index in [2.05, 4.69) is 15.4 Å². The van der Waals surface area contributed by atoms with Crippen LogP contribution in [0.15, 0.2) is 67.0 Å². The Kier molecular flexibility index (Phi) is 4.51. The Hall–Kier alpha value is -4.07. The summed E-state index contributed by atoms with van der Waals surface area (Å²) in [6.45, 7) is 0. The quantitative estimate of drug-likeness (QED) is 0.563. The van der Waals surface area contributed by atoms with Crippen LogP contribution in [0.1, 0.15) is 0 Å². The number of pyridine rings is 2. The number of hydrogen-bond donors (Lipinski definition) is 2. The van der Waals surface area contributed by atoms with Crippen LogP contribution in [-0.4, -0.2) is 32.9 Å². The number of rotatable bonds is 4. The molecule has 0 aliphatic rings. The maximum absolute atomic E-state index is 12.0. The normalized spacial score (nSPS) is 10.6. The number of hydrogen-bond acceptors (Lipinski definition) is 6. The van der Waals surface area contributed by atoms with Gasteiger partial charge in [0.05, 0.1) is 12.6 Å². The highest BCUT2D eigenvalue weighted by molar-refractivity contribution is 5.86. The summed E-state index contributed by atoms with van der Waals surface area (Å²) < 4.78 is 11.8.